The third-order valence-corrected chi connectivity index (χ3v) is 29.3. The van der Waals surface area contributed by atoms with Gasteiger partial charge >= 0.3 is 0 Å². The van der Waals surface area contributed by atoms with Crippen molar-refractivity contribution in [3.05, 3.63) is 320 Å². The summed E-state index contributed by atoms with van der Waals surface area (Å²) in [6.45, 7) is 35.3. The van der Waals surface area contributed by atoms with Crippen LogP contribution in [0.25, 0.3) is 44.5 Å². The van der Waals surface area contributed by atoms with E-state index in [1.807, 2.05) is 23.5 Å². The minimum absolute atomic E-state index is 0.137. The van der Waals surface area contributed by atoms with Crippen LogP contribution in [0, 0.1) is 0 Å². The number of benzene rings is 15. The lowest BCUT2D eigenvalue weighted by atomic mass is 9.29. The average molecular weight is 1600 g/mol. The second kappa shape index (κ2) is 26.3. The Morgan fingerprint density at radius 2 is 0.479 bits per heavy atom. The minimum Gasteiger partial charge on any atom is -0.333 e. The normalized spacial score (nSPS) is 14.7. The summed E-state index contributed by atoms with van der Waals surface area (Å²) in [6.07, 6.45) is 0. The highest BCUT2D eigenvalue weighted by Crippen LogP contribution is 2.63. The smallest absolute Gasteiger partial charge is 0.255 e. The molecule has 8 heterocycles. The molecule has 8 aliphatic heterocycles. The Morgan fingerprint density at radius 1 is 0.215 bits per heavy atom. The average Bonchev–Trinajstić information content (AvgIpc) is 0.660. The van der Waals surface area contributed by atoms with Crippen LogP contribution < -0.4 is 78.6 Å². The first kappa shape index (κ1) is 74.1. The van der Waals surface area contributed by atoms with Gasteiger partial charge in [0.15, 0.2) is 0 Å². The summed E-state index contributed by atoms with van der Waals surface area (Å²) in [5, 5.41) is 0. The predicted octanol–water partition coefficient (Wildman–Crippen LogP) is 24.4. The van der Waals surface area contributed by atoms with Gasteiger partial charge in [-0.2, -0.15) is 0 Å². The molecule has 11 heteroatoms. The Bertz CT molecular complexity index is 6400. The van der Waals surface area contributed by atoms with E-state index in [1.165, 1.54) is 187 Å². The molecule has 15 aromatic carbocycles. The number of anilines is 16. The summed E-state index contributed by atoms with van der Waals surface area (Å²) in [5.41, 5.74) is 42.8. The first-order valence-corrected chi connectivity index (χ1v) is 44.9. The van der Waals surface area contributed by atoms with Crippen molar-refractivity contribution in [3.63, 3.8) is 0 Å². The van der Waals surface area contributed by atoms with Gasteiger partial charge in [-0.05, 0) is 232 Å². The Balaban J connectivity index is 0.964. The van der Waals surface area contributed by atoms with E-state index in [0.29, 0.717) is 0 Å². The van der Waals surface area contributed by atoms with Crippen LogP contribution >= 0.6 is 23.5 Å². The van der Waals surface area contributed by atoms with Crippen molar-refractivity contribution in [2.75, 3.05) is 29.4 Å². The van der Waals surface area contributed by atoms with Gasteiger partial charge in [0.2, 0.25) is 13.4 Å². The Labute approximate surface area is 723 Å². The molecule has 15 aromatic rings. The monoisotopic (exact) mass is 1600 g/mol. The quantitative estimate of drug-likeness (QED) is 0.152. The zero-order valence-electron chi connectivity index (χ0n) is 71.6. The van der Waals surface area contributed by atoms with Gasteiger partial charge in [0, 0.05) is 87.0 Å². The summed E-state index contributed by atoms with van der Waals surface area (Å²) < 4.78 is 0. The van der Waals surface area contributed by atoms with Gasteiger partial charge in [0.1, 0.15) is 0 Å². The molecule has 6 nitrogen and oxygen atoms in total. The molecule has 0 unspecified atom stereocenters. The highest BCUT2D eigenvalue weighted by Gasteiger charge is 2.57. The SMILES string of the molecule is CC(C)(C)c1cc(-c2ccccc2)c(N2c3cc(C(C)(C)C)cc4c3B(c3c2cc2c5c3Sc3ccccc3B5c3cccc5c3N2c2ccccc2N5C(C)(C)C)c2c(cc3c5c2Sc2ccccc2B5c2cccc5c2N3c2ccccc2N5C(C)(C)C)N4c2c(-c3ccccc3)cc(C(C)(C)C)cc2-c2ccccc2)c(-c2ccccc2)c1. The van der Waals surface area contributed by atoms with Crippen molar-refractivity contribution in [2.24, 2.45) is 0 Å². The van der Waals surface area contributed by atoms with E-state index in [1.54, 1.807) is 0 Å². The van der Waals surface area contributed by atoms with Crippen LogP contribution in [0.4, 0.5) is 91.0 Å². The fraction of sp³-hybridized carbons (Fsp3) is 0.182. The topological polar surface area (TPSA) is 19.4 Å². The van der Waals surface area contributed by atoms with Gasteiger partial charge in [-0.3, -0.25) is 0 Å². The van der Waals surface area contributed by atoms with E-state index < -0.39 is 5.41 Å². The first-order chi connectivity index (χ1) is 58.3. The molecule has 0 saturated carbocycles. The summed E-state index contributed by atoms with van der Waals surface area (Å²) in [5.74, 6) is 0. The van der Waals surface area contributed by atoms with Crippen LogP contribution in [0.2, 0.25) is 0 Å². The van der Waals surface area contributed by atoms with Crippen LogP contribution in [0.3, 0.4) is 0 Å². The number of para-hydroxylation sites is 6. The fourth-order valence-electron chi connectivity index (χ4n) is 21.6. The summed E-state index contributed by atoms with van der Waals surface area (Å²) in [6, 6.07) is 119. The Kier molecular flexibility index (Phi) is 16.1. The van der Waals surface area contributed by atoms with Crippen molar-refractivity contribution in [2.45, 2.75) is 151 Å². The molecule has 0 aromatic heterocycles. The van der Waals surface area contributed by atoms with Crippen LogP contribution in [0.15, 0.2) is 323 Å². The molecule has 586 valence electrons. The predicted molar refractivity (Wildman–Crippen MR) is 522 cm³/mol. The van der Waals surface area contributed by atoms with Crippen molar-refractivity contribution in [1.82, 2.24) is 0 Å². The van der Waals surface area contributed by atoms with Crippen LogP contribution in [-0.2, 0) is 16.2 Å². The summed E-state index contributed by atoms with van der Waals surface area (Å²) >= 11 is 4.03. The molecular weight excluding hydrogens is 1500 g/mol. The molecule has 0 radical (unpaired) electrons. The maximum atomic E-state index is 2.86. The molecule has 0 N–H and O–H groups in total. The van der Waals surface area contributed by atoms with Gasteiger partial charge < -0.3 is 29.4 Å². The van der Waals surface area contributed by atoms with E-state index in [4.69, 9.17) is 0 Å². The molecule has 0 spiro atoms. The number of fused-ring (bicyclic) bond motifs is 18. The molecule has 0 saturated heterocycles. The second-order valence-corrected chi connectivity index (χ2v) is 41.6. The van der Waals surface area contributed by atoms with Gasteiger partial charge in [-0.15, -0.1) is 0 Å². The number of nitrogens with zero attached hydrogens (tertiary/aromatic N) is 6. The van der Waals surface area contributed by atoms with Gasteiger partial charge in [-0.1, -0.05) is 303 Å². The van der Waals surface area contributed by atoms with Crippen molar-refractivity contribution in [1.29, 1.82) is 0 Å². The van der Waals surface area contributed by atoms with E-state index in [0.717, 1.165) is 33.6 Å². The highest BCUT2D eigenvalue weighted by atomic mass is 32.2. The zero-order valence-corrected chi connectivity index (χ0v) is 73.2. The Hall–Kier alpha value is -12.0. The lowest BCUT2D eigenvalue weighted by Gasteiger charge is -2.53. The molecular formula is C110H95B3N6S2. The lowest BCUT2D eigenvalue weighted by molar-refractivity contribution is 0.558. The summed E-state index contributed by atoms with van der Waals surface area (Å²) in [7, 11) is 0. The first-order valence-electron chi connectivity index (χ1n) is 43.2. The van der Waals surface area contributed by atoms with Crippen LogP contribution in [-0.4, -0.2) is 31.2 Å². The molecule has 8 aliphatic rings. The largest absolute Gasteiger partial charge is 0.333 e. The van der Waals surface area contributed by atoms with E-state index in [2.05, 4.69) is 437 Å². The molecule has 23 rings (SSSR count). The lowest BCUT2D eigenvalue weighted by Crippen LogP contribution is -2.68. The molecule has 0 fully saturated rings. The van der Waals surface area contributed by atoms with E-state index >= 15 is 0 Å². The minimum atomic E-state index is -0.392. The van der Waals surface area contributed by atoms with E-state index in [9.17, 15) is 0 Å². The molecule has 0 amide bonds. The summed E-state index contributed by atoms with van der Waals surface area (Å²) in [4.78, 5) is 21.6. The van der Waals surface area contributed by atoms with Gasteiger partial charge in [0.25, 0.3) is 6.71 Å². The van der Waals surface area contributed by atoms with E-state index in [-0.39, 0.29) is 42.0 Å². The molecule has 0 bridgehead atoms. The number of hydrogen-bond donors (Lipinski definition) is 0. The van der Waals surface area contributed by atoms with Gasteiger partial charge in [0.05, 0.1) is 56.9 Å². The third-order valence-electron chi connectivity index (χ3n) is 26.9. The van der Waals surface area contributed by atoms with Crippen molar-refractivity contribution in [3.8, 4) is 44.5 Å². The maximum Gasteiger partial charge on any atom is 0.255 e. The standard InChI is InChI=1S/C110H95B3N6S2/c1-106(2,3)70-58-73(66-38-20-16-21-39-66)100(74(59-70)67-40-22-17-23-41-67)116-87-62-72(108(7,8)9)63-88-95(87)113(98-91(116)64-89-96-104(98)120-93-56-34-28-46-77(93)111(96)79-48-36-54-85-102(79)114(89)81-50-30-32-52-83(81)118(85)109(10,11)12)99-92(117(88)101-75(68-42-24-18-25-43-68)60-71(107(4,5)6)61-76(101)69-44-26-19-27-45-69)65-90-97-105(99)121-94-57-35-29-47-78(94)112(97)80-49-37-55-86-103(80)115(90)82-51-31-33-53-84(82)119(86)110(13,14)15/h16-65H,1-15H3. The van der Waals surface area contributed by atoms with Crippen LogP contribution in [0.5, 0.6) is 0 Å². The number of rotatable bonds is 6. The van der Waals surface area contributed by atoms with Crippen molar-refractivity contribution < 1.29 is 0 Å². The maximum absolute atomic E-state index is 2.86. The van der Waals surface area contributed by atoms with Crippen LogP contribution in [0.1, 0.15) is 121 Å². The van der Waals surface area contributed by atoms with Crippen molar-refractivity contribution >= 4 is 184 Å². The number of hydrogen-bond acceptors (Lipinski definition) is 8. The molecule has 121 heavy (non-hydrogen) atoms. The third kappa shape index (κ3) is 10.9. The van der Waals surface area contributed by atoms with Gasteiger partial charge in [-0.25, -0.2) is 0 Å². The second-order valence-electron chi connectivity index (χ2n) is 39.5. The molecule has 0 atom stereocenters. The molecule has 0 aliphatic carbocycles. The zero-order chi connectivity index (χ0) is 82.6. The Morgan fingerprint density at radius 3 is 0.810 bits per heavy atom. The highest BCUT2D eigenvalue weighted by molar-refractivity contribution is 8.00. The fourth-order valence-corrected chi connectivity index (χ4v) is 24.3.